The molecule has 2 aliphatic rings. The number of ketones is 1. The lowest BCUT2D eigenvalue weighted by molar-refractivity contribution is 0.0538. The second-order valence-corrected chi connectivity index (χ2v) is 4.87. The van der Waals surface area contributed by atoms with Crippen LogP contribution in [0, 0.1) is 0 Å². The minimum atomic E-state index is -1.17. The van der Waals surface area contributed by atoms with Crippen LogP contribution in [0.2, 0.25) is 0 Å². The van der Waals surface area contributed by atoms with Crippen molar-refractivity contribution in [2.24, 2.45) is 0 Å². The van der Waals surface area contributed by atoms with Crippen LogP contribution < -0.4 is 9.47 Å². The monoisotopic (exact) mass is 268 g/mol. The number of hydrogen-bond acceptors (Lipinski definition) is 4. The number of Topliss-reactive ketones (excluding diaryl/α,β-unsaturated/α-hetero) is 1. The Morgan fingerprint density at radius 1 is 1.15 bits per heavy atom. The molecule has 2 unspecified atom stereocenters. The Morgan fingerprint density at radius 2 is 2.00 bits per heavy atom. The summed E-state index contributed by atoms with van der Waals surface area (Å²) in [4.78, 5) is 12.4. The predicted octanol–water partition coefficient (Wildman–Crippen LogP) is 2.74. The number of ether oxygens (including phenoxy) is 3. The molecule has 0 aromatic heterocycles. The SMILES string of the molecule is COc1cccc(C2OC23Oc2ccccc2C3=O)c1. The average molecular weight is 268 g/mol. The minimum absolute atomic E-state index is 0.110. The van der Waals surface area contributed by atoms with Crippen LogP contribution in [0.5, 0.6) is 11.5 Å². The van der Waals surface area contributed by atoms with Crippen molar-refractivity contribution in [1.82, 2.24) is 0 Å². The van der Waals surface area contributed by atoms with Crippen LogP contribution in [-0.4, -0.2) is 18.7 Å². The predicted molar refractivity (Wildman–Crippen MR) is 71.0 cm³/mol. The number of benzene rings is 2. The highest BCUT2D eigenvalue weighted by Crippen LogP contribution is 2.56. The summed E-state index contributed by atoms with van der Waals surface area (Å²) in [7, 11) is 1.61. The Bertz CT molecular complexity index is 709. The zero-order valence-corrected chi connectivity index (χ0v) is 10.8. The number of para-hydroxylation sites is 1. The first kappa shape index (κ1) is 11.5. The van der Waals surface area contributed by atoms with E-state index in [0.29, 0.717) is 11.3 Å². The summed E-state index contributed by atoms with van der Waals surface area (Å²) < 4.78 is 16.6. The molecular weight excluding hydrogens is 256 g/mol. The van der Waals surface area contributed by atoms with E-state index >= 15 is 0 Å². The van der Waals surface area contributed by atoms with Gasteiger partial charge in [0.2, 0.25) is 5.78 Å². The normalized spacial score (nSPS) is 26.2. The summed E-state index contributed by atoms with van der Waals surface area (Å²) in [6.07, 6.45) is -0.377. The largest absolute Gasteiger partial charge is 0.497 e. The molecule has 1 fully saturated rings. The summed E-state index contributed by atoms with van der Waals surface area (Å²) in [5.74, 6) is 0.0377. The van der Waals surface area contributed by atoms with Gasteiger partial charge >= 0.3 is 5.79 Å². The van der Waals surface area contributed by atoms with Gasteiger partial charge in [0.15, 0.2) is 6.10 Å². The van der Waals surface area contributed by atoms with Gasteiger partial charge in [-0.2, -0.15) is 0 Å². The Kier molecular flexibility index (Phi) is 2.20. The van der Waals surface area contributed by atoms with Crippen LogP contribution in [0.25, 0.3) is 0 Å². The fourth-order valence-electron chi connectivity index (χ4n) is 2.62. The Morgan fingerprint density at radius 3 is 2.80 bits per heavy atom. The highest BCUT2D eigenvalue weighted by Gasteiger charge is 2.69. The zero-order chi connectivity index (χ0) is 13.7. The molecule has 20 heavy (non-hydrogen) atoms. The maximum Gasteiger partial charge on any atom is 0.307 e. The van der Waals surface area contributed by atoms with Crippen molar-refractivity contribution in [3.63, 3.8) is 0 Å². The number of hydrogen-bond donors (Lipinski definition) is 0. The maximum atomic E-state index is 12.4. The van der Waals surface area contributed by atoms with Crippen molar-refractivity contribution in [2.45, 2.75) is 11.9 Å². The van der Waals surface area contributed by atoms with Gasteiger partial charge in [0.05, 0.1) is 12.7 Å². The van der Waals surface area contributed by atoms with Gasteiger partial charge < -0.3 is 14.2 Å². The summed E-state index contributed by atoms with van der Waals surface area (Å²) in [5, 5.41) is 0. The number of epoxide rings is 1. The van der Waals surface area contributed by atoms with Crippen molar-refractivity contribution in [3.05, 3.63) is 59.7 Å². The lowest BCUT2D eigenvalue weighted by atomic mass is 10.0. The van der Waals surface area contributed by atoms with E-state index in [9.17, 15) is 4.79 Å². The maximum absolute atomic E-state index is 12.4. The Hall–Kier alpha value is -2.33. The molecule has 0 saturated carbocycles. The molecule has 2 aromatic carbocycles. The summed E-state index contributed by atoms with van der Waals surface area (Å²) in [5.41, 5.74) is 1.46. The van der Waals surface area contributed by atoms with E-state index in [4.69, 9.17) is 14.2 Å². The van der Waals surface area contributed by atoms with Crippen LogP contribution in [0.4, 0.5) is 0 Å². The van der Waals surface area contributed by atoms with E-state index in [1.165, 1.54) is 0 Å². The van der Waals surface area contributed by atoms with Crippen molar-refractivity contribution >= 4 is 5.78 Å². The van der Waals surface area contributed by atoms with Crippen molar-refractivity contribution in [3.8, 4) is 11.5 Å². The summed E-state index contributed by atoms with van der Waals surface area (Å²) >= 11 is 0. The van der Waals surface area contributed by atoms with Gasteiger partial charge in [0, 0.05) is 0 Å². The van der Waals surface area contributed by atoms with Crippen LogP contribution in [0.1, 0.15) is 22.0 Å². The molecule has 1 spiro atoms. The van der Waals surface area contributed by atoms with E-state index in [-0.39, 0.29) is 11.9 Å². The molecule has 100 valence electrons. The number of methoxy groups -OCH3 is 1. The van der Waals surface area contributed by atoms with Gasteiger partial charge in [-0.05, 0) is 29.8 Å². The molecule has 0 N–H and O–H groups in total. The molecule has 4 heteroatoms. The molecule has 0 aliphatic carbocycles. The van der Waals surface area contributed by atoms with Gasteiger partial charge in [0.25, 0.3) is 0 Å². The van der Waals surface area contributed by atoms with Crippen LogP contribution >= 0.6 is 0 Å². The van der Waals surface area contributed by atoms with Gasteiger partial charge in [-0.15, -0.1) is 0 Å². The third-order valence-corrected chi connectivity index (χ3v) is 3.69. The second kappa shape index (κ2) is 3.84. The van der Waals surface area contributed by atoms with Gasteiger partial charge in [-0.3, -0.25) is 4.79 Å². The number of rotatable bonds is 2. The van der Waals surface area contributed by atoms with E-state index in [1.54, 1.807) is 19.2 Å². The van der Waals surface area contributed by atoms with Crippen LogP contribution in [0.15, 0.2) is 48.5 Å². The fraction of sp³-hybridized carbons (Fsp3) is 0.188. The third-order valence-electron chi connectivity index (χ3n) is 3.69. The number of carbonyl (C=O) groups is 1. The first-order valence-electron chi connectivity index (χ1n) is 6.39. The quantitative estimate of drug-likeness (QED) is 0.786. The Labute approximate surface area is 115 Å². The molecular formula is C16H12O4. The number of carbonyl (C=O) groups excluding carboxylic acids is 1. The lowest BCUT2D eigenvalue weighted by Gasteiger charge is -2.05. The first-order valence-corrected chi connectivity index (χ1v) is 6.39. The van der Waals surface area contributed by atoms with Gasteiger partial charge in [0.1, 0.15) is 11.5 Å². The van der Waals surface area contributed by atoms with Crippen LogP contribution in [0.3, 0.4) is 0 Å². The van der Waals surface area contributed by atoms with E-state index in [1.807, 2.05) is 36.4 Å². The lowest BCUT2D eigenvalue weighted by Crippen LogP contribution is -2.25. The highest BCUT2D eigenvalue weighted by atomic mass is 16.8. The van der Waals surface area contributed by atoms with Crippen molar-refractivity contribution in [1.29, 1.82) is 0 Å². The zero-order valence-electron chi connectivity index (χ0n) is 10.8. The molecule has 4 rings (SSSR count). The standard InChI is InChI=1S/C16H12O4/c1-18-11-6-4-5-10(9-11)15-16(20-15)14(17)12-7-2-3-8-13(12)19-16/h2-9,15H,1H3. The topological polar surface area (TPSA) is 48.1 Å². The summed E-state index contributed by atoms with van der Waals surface area (Å²) in [6, 6.07) is 14.7. The Balaban J connectivity index is 1.69. The number of fused-ring (bicyclic) bond motifs is 1. The molecule has 2 aliphatic heterocycles. The van der Waals surface area contributed by atoms with E-state index in [0.717, 1.165) is 11.3 Å². The molecule has 2 atom stereocenters. The van der Waals surface area contributed by atoms with Gasteiger partial charge in [-0.25, -0.2) is 0 Å². The minimum Gasteiger partial charge on any atom is -0.497 e. The molecule has 4 nitrogen and oxygen atoms in total. The fourth-order valence-corrected chi connectivity index (χ4v) is 2.62. The molecule has 2 aromatic rings. The molecule has 0 radical (unpaired) electrons. The smallest absolute Gasteiger partial charge is 0.307 e. The first-order chi connectivity index (χ1) is 9.74. The summed E-state index contributed by atoms with van der Waals surface area (Å²) in [6.45, 7) is 0. The molecule has 1 saturated heterocycles. The van der Waals surface area contributed by atoms with Crippen LogP contribution in [-0.2, 0) is 4.74 Å². The highest BCUT2D eigenvalue weighted by molar-refractivity contribution is 6.08. The van der Waals surface area contributed by atoms with Crippen molar-refractivity contribution < 1.29 is 19.0 Å². The van der Waals surface area contributed by atoms with Crippen molar-refractivity contribution in [2.75, 3.05) is 7.11 Å². The average Bonchev–Trinajstić information content (AvgIpc) is 3.15. The molecule has 0 amide bonds. The third kappa shape index (κ3) is 1.42. The molecule has 2 heterocycles. The molecule has 0 bridgehead atoms. The van der Waals surface area contributed by atoms with E-state index in [2.05, 4.69) is 0 Å². The second-order valence-electron chi connectivity index (χ2n) is 4.87. The van der Waals surface area contributed by atoms with E-state index < -0.39 is 5.79 Å². The van der Waals surface area contributed by atoms with Gasteiger partial charge in [-0.1, -0.05) is 24.3 Å².